The van der Waals surface area contributed by atoms with Crippen LogP contribution in [0.1, 0.15) is 52.4 Å². The number of amides is 1. The molecule has 9 nitrogen and oxygen atoms in total. The van der Waals surface area contributed by atoms with E-state index in [1.165, 1.54) is 0 Å². The van der Waals surface area contributed by atoms with Crippen LogP contribution in [0.15, 0.2) is 29.5 Å². The van der Waals surface area contributed by atoms with Crippen LogP contribution < -0.4 is 16.1 Å². The molecule has 1 atom stereocenters. The van der Waals surface area contributed by atoms with Crippen molar-refractivity contribution in [2.75, 3.05) is 25.1 Å². The number of ether oxygens (including phenoxy) is 1. The average molecular weight is 405 g/mol. The molecule has 1 aromatic heterocycles. The molecule has 0 bridgehead atoms. The third-order valence-electron chi connectivity index (χ3n) is 3.96. The summed E-state index contributed by atoms with van der Waals surface area (Å²) in [6, 6.07) is 3.59. The van der Waals surface area contributed by atoms with Gasteiger partial charge >= 0.3 is 0 Å². The molecular weight excluding hydrogens is 372 g/mol. The molecule has 0 aliphatic heterocycles. The van der Waals surface area contributed by atoms with Crippen molar-refractivity contribution >= 4 is 17.6 Å². The van der Waals surface area contributed by atoms with Gasteiger partial charge in [0, 0.05) is 37.7 Å². The molecule has 0 aliphatic carbocycles. The second kappa shape index (κ2) is 16.3. The minimum Gasteiger partial charge on any atom is -0.379 e. The third-order valence-corrected chi connectivity index (χ3v) is 3.96. The van der Waals surface area contributed by atoms with Crippen LogP contribution in [-0.4, -0.2) is 42.7 Å². The fourth-order valence-electron chi connectivity index (χ4n) is 2.45. The minimum absolute atomic E-state index is 0.103. The number of guanidine groups is 1. The maximum Gasteiger partial charge on any atom is 0.243 e. The third kappa shape index (κ3) is 13.2. The van der Waals surface area contributed by atoms with Gasteiger partial charge in [-0.05, 0) is 45.2 Å². The summed E-state index contributed by atoms with van der Waals surface area (Å²) in [5, 5.41) is 14.4. The van der Waals surface area contributed by atoms with Crippen molar-refractivity contribution in [3.63, 3.8) is 0 Å². The number of nitrogens with zero attached hydrogens (tertiary/aromatic N) is 3. The Morgan fingerprint density at radius 3 is 2.76 bits per heavy atom. The first-order valence-electron chi connectivity index (χ1n) is 10.0. The van der Waals surface area contributed by atoms with E-state index in [9.17, 15) is 4.79 Å². The Balaban J connectivity index is 2.08. The predicted octanol–water partition coefficient (Wildman–Crippen LogP) is 2.73. The highest BCUT2D eigenvalue weighted by Gasteiger charge is 2.04. The molecule has 0 radical (unpaired) electrons. The topological polar surface area (TPSA) is 121 Å². The van der Waals surface area contributed by atoms with E-state index in [0.717, 1.165) is 37.8 Å². The fraction of sp³-hybridized carbons (Fsp3) is 0.600. The highest BCUT2D eigenvalue weighted by molar-refractivity contribution is 5.94. The zero-order chi connectivity index (χ0) is 21.2. The van der Waals surface area contributed by atoms with Gasteiger partial charge in [0.15, 0.2) is 6.19 Å². The van der Waals surface area contributed by atoms with E-state index < -0.39 is 0 Å². The van der Waals surface area contributed by atoms with Gasteiger partial charge < -0.3 is 10.1 Å². The zero-order valence-electron chi connectivity index (χ0n) is 17.3. The molecule has 1 rings (SSSR count). The summed E-state index contributed by atoms with van der Waals surface area (Å²) >= 11 is 0. The highest BCUT2D eigenvalue weighted by atomic mass is 16.7. The standard InChI is InChI=1S/C20H32N6O3/c1-3-28-17(2)11-15-29-26-19(27)8-6-4-5-7-12-23-20(24-16-21)25-18-9-13-22-14-10-18/h9-10,13-14,17H,3-8,11-12,15H2,1-2H3,(H,26,27)(H2,22,23,24,25). The lowest BCUT2D eigenvalue weighted by Crippen LogP contribution is -2.27. The molecule has 0 spiro atoms. The van der Waals surface area contributed by atoms with Crippen molar-refractivity contribution in [2.24, 2.45) is 4.99 Å². The number of hydrogen-bond acceptors (Lipinski definition) is 6. The number of aliphatic imine (C=N–C) groups is 1. The van der Waals surface area contributed by atoms with E-state index in [1.807, 2.05) is 20.0 Å². The molecule has 1 unspecified atom stereocenters. The fourth-order valence-corrected chi connectivity index (χ4v) is 2.45. The summed E-state index contributed by atoms with van der Waals surface area (Å²) in [6.07, 6.45) is 10.1. The van der Waals surface area contributed by atoms with Gasteiger partial charge in [-0.15, -0.1) is 0 Å². The second-order valence-electron chi connectivity index (χ2n) is 6.42. The predicted molar refractivity (Wildman–Crippen MR) is 112 cm³/mol. The molecule has 0 saturated heterocycles. The summed E-state index contributed by atoms with van der Waals surface area (Å²) in [5.74, 6) is 0.308. The number of rotatable bonds is 14. The van der Waals surface area contributed by atoms with Crippen LogP contribution in [0.3, 0.4) is 0 Å². The number of carbonyl (C=O) groups is 1. The summed E-state index contributed by atoms with van der Waals surface area (Å²) in [4.78, 5) is 25.2. The van der Waals surface area contributed by atoms with Crippen molar-refractivity contribution in [2.45, 2.75) is 58.5 Å². The van der Waals surface area contributed by atoms with Gasteiger partial charge in [-0.1, -0.05) is 12.8 Å². The van der Waals surface area contributed by atoms with E-state index in [-0.39, 0.29) is 12.0 Å². The molecule has 1 aromatic rings. The molecule has 9 heteroatoms. The molecule has 1 amide bonds. The van der Waals surface area contributed by atoms with E-state index >= 15 is 0 Å². The molecule has 0 aromatic carbocycles. The van der Waals surface area contributed by atoms with E-state index in [0.29, 0.717) is 32.1 Å². The van der Waals surface area contributed by atoms with Gasteiger partial charge in [-0.25, -0.2) is 5.48 Å². The Kier molecular flexibility index (Phi) is 13.7. The first-order valence-corrected chi connectivity index (χ1v) is 10.0. The lowest BCUT2D eigenvalue weighted by Gasteiger charge is -2.11. The highest BCUT2D eigenvalue weighted by Crippen LogP contribution is 2.05. The van der Waals surface area contributed by atoms with Crippen LogP contribution in [0.4, 0.5) is 5.69 Å². The Morgan fingerprint density at radius 2 is 2.03 bits per heavy atom. The Labute approximate surface area is 172 Å². The molecule has 1 heterocycles. The number of hydroxylamine groups is 1. The molecule has 3 N–H and O–H groups in total. The van der Waals surface area contributed by atoms with Crippen molar-refractivity contribution in [1.29, 1.82) is 5.26 Å². The normalized spacial score (nSPS) is 12.1. The molecule has 0 saturated carbocycles. The number of pyridine rings is 1. The molecule has 0 fully saturated rings. The quantitative estimate of drug-likeness (QED) is 0.109. The van der Waals surface area contributed by atoms with Crippen LogP contribution in [0.25, 0.3) is 0 Å². The number of unbranched alkanes of at least 4 members (excludes halogenated alkanes) is 3. The Hall–Kier alpha value is -2.70. The summed E-state index contributed by atoms with van der Waals surface area (Å²) in [6.45, 7) is 5.64. The number of hydrogen-bond donors (Lipinski definition) is 3. The number of nitriles is 1. The van der Waals surface area contributed by atoms with Crippen molar-refractivity contribution in [3.8, 4) is 6.19 Å². The molecule has 29 heavy (non-hydrogen) atoms. The summed E-state index contributed by atoms with van der Waals surface area (Å²) < 4.78 is 5.39. The van der Waals surface area contributed by atoms with E-state index in [1.54, 1.807) is 24.5 Å². The first-order chi connectivity index (χ1) is 14.2. The lowest BCUT2D eigenvalue weighted by atomic mass is 10.1. The van der Waals surface area contributed by atoms with Crippen LogP contribution in [0.5, 0.6) is 0 Å². The van der Waals surface area contributed by atoms with Gasteiger partial charge in [-0.3, -0.25) is 24.9 Å². The van der Waals surface area contributed by atoms with Crippen LogP contribution >= 0.6 is 0 Å². The molecule has 0 aliphatic rings. The maximum atomic E-state index is 11.7. The minimum atomic E-state index is -0.103. The van der Waals surface area contributed by atoms with E-state index in [4.69, 9.17) is 14.8 Å². The summed E-state index contributed by atoms with van der Waals surface area (Å²) in [5.41, 5.74) is 3.27. The SMILES string of the molecule is CCOC(C)CCONC(=O)CCCCCCN=C(NC#N)Nc1ccncc1. The molecular formula is C20H32N6O3. The van der Waals surface area contributed by atoms with E-state index in [2.05, 4.69) is 26.1 Å². The van der Waals surface area contributed by atoms with Crippen molar-refractivity contribution in [1.82, 2.24) is 15.8 Å². The van der Waals surface area contributed by atoms with Crippen molar-refractivity contribution < 1.29 is 14.4 Å². The van der Waals surface area contributed by atoms with Gasteiger partial charge in [0.05, 0.1) is 12.7 Å². The molecule has 160 valence electrons. The van der Waals surface area contributed by atoms with Gasteiger partial charge in [0.25, 0.3) is 0 Å². The van der Waals surface area contributed by atoms with Gasteiger partial charge in [-0.2, -0.15) is 5.26 Å². The van der Waals surface area contributed by atoms with Crippen LogP contribution in [-0.2, 0) is 14.4 Å². The average Bonchev–Trinajstić information content (AvgIpc) is 2.71. The zero-order valence-corrected chi connectivity index (χ0v) is 17.3. The summed E-state index contributed by atoms with van der Waals surface area (Å²) in [7, 11) is 0. The van der Waals surface area contributed by atoms with Crippen LogP contribution in [0.2, 0.25) is 0 Å². The smallest absolute Gasteiger partial charge is 0.243 e. The number of nitrogens with one attached hydrogen (secondary N) is 3. The van der Waals surface area contributed by atoms with Gasteiger partial charge in [0.1, 0.15) is 0 Å². The number of aromatic nitrogens is 1. The maximum absolute atomic E-state index is 11.7. The Morgan fingerprint density at radius 1 is 1.28 bits per heavy atom. The largest absolute Gasteiger partial charge is 0.379 e. The second-order valence-corrected chi connectivity index (χ2v) is 6.42. The number of anilines is 1. The van der Waals surface area contributed by atoms with Crippen molar-refractivity contribution in [3.05, 3.63) is 24.5 Å². The van der Waals surface area contributed by atoms with Gasteiger partial charge in [0.2, 0.25) is 11.9 Å². The first kappa shape index (κ1) is 24.3. The monoisotopic (exact) mass is 404 g/mol. The lowest BCUT2D eigenvalue weighted by molar-refractivity contribution is -0.134. The number of carbonyl (C=O) groups excluding carboxylic acids is 1. The Bertz CT molecular complexity index is 633. The van der Waals surface area contributed by atoms with Crippen LogP contribution in [0, 0.1) is 11.5 Å².